The van der Waals surface area contributed by atoms with Crippen molar-refractivity contribution in [3.05, 3.63) is 36.2 Å². The van der Waals surface area contributed by atoms with Crippen molar-refractivity contribution in [3.8, 4) is 5.75 Å². The molecule has 0 fully saturated rings. The van der Waals surface area contributed by atoms with Gasteiger partial charge in [-0.15, -0.1) is 0 Å². The van der Waals surface area contributed by atoms with Gasteiger partial charge >= 0.3 is 0 Å². The number of rotatable bonds is 4. The van der Waals surface area contributed by atoms with Gasteiger partial charge in [-0.2, -0.15) is 15.1 Å². The van der Waals surface area contributed by atoms with Gasteiger partial charge in [-0.1, -0.05) is 0 Å². The molecule has 2 heterocycles. The summed E-state index contributed by atoms with van der Waals surface area (Å²) in [7, 11) is 1.62. The van der Waals surface area contributed by atoms with E-state index in [1.807, 2.05) is 24.3 Å². The van der Waals surface area contributed by atoms with Crippen LogP contribution in [-0.2, 0) is 0 Å². The first-order valence-electron chi connectivity index (χ1n) is 6.16. The van der Waals surface area contributed by atoms with Crippen LogP contribution in [-0.4, -0.2) is 33.3 Å². The first kappa shape index (κ1) is 12.9. The number of anilines is 2. The lowest BCUT2D eigenvalue weighted by atomic mass is 10.2. The Bertz CT molecular complexity index is 779. The molecule has 1 aromatic carbocycles. The minimum absolute atomic E-state index is 0.136. The smallest absolute Gasteiger partial charge is 0.224 e. The number of nitrogens with two attached hydrogens (primary N) is 1. The number of H-pyrrole nitrogens is 1. The molecule has 3 aromatic rings. The van der Waals surface area contributed by atoms with Crippen LogP contribution in [0.3, 0.4) is 0 Å². The van der Waals surface area contributed by atoms with Crippen LogP contribution in [0.4, 0.5) is 11.8 Å². The van der Waals surface area contributed by atoms with Gasteiger partial charge < -0.3 is 15.5 Å². The Morgan fingerprint density at radius 3 is 2.86 bits per heavy atom. The van der Waals surface area contributed by atoms with E-state index in [-0.39, 0.29) is 5.95 Å². The van der Waals surface area contributed by atoms with Crippen LogP contribution in [0.25, 0.3) is 11.2 Å². The van der Waals surface area contributed by atoms with E-state index in [0.717, 1.165) is 11.3 Å². The molecule has 3 rings (SSSR count). The quantitative estimate of drug-likeness (QED) is 0.492. The summed E-state index contributed by atoms with van der Waals surface area (Å²) in [5.41, 5.74) is 10.5. The Morgan fingerprint density at radius 2 is 2.10 bits per heavy atom. The van der Waals surface area contributed by atoms with Crippen molar-refractivity contribution in [1.29, 1.82) is 0 Å². The number of imidazole rings is 1. The first-order valence-corrected chi connectivity index (χ1v) is 6.16. The van der Waals surface area contributed by atoms with Crippen molar-refractivity contribution < 1.29 is 4.74 Å². The van der Waals surface area contributed by atoms with Gasteiger partial charge in [0.1, 0.15) is 11.3 Å². The van der Waals surface area contributed by atoms with E-state index in [9.17, 15) is 0 Å². The van der Waals surface area contributed by atoms with Crippen molar-refractivity contribution in [2.75, 3.05) is 18.3 Å². The zero-order valence-electron chi connectivity index (χ0n) is 11.2. The van der Waals surface area contributed by atoms with Gasteiger partial charge in [0.25, 0.3) is 0 Å². The van der Waals surface area contributed by atoms with Crippen LogP contribution in [0.2, 0.25) is 0 Å². The SMILES string of the molecule is COc1ccc(/C=N/Nc2nc(N)nc3nc[nH]c23)cc1. The largest absolute Gasteiger partial charge is 0.497 e. The molecule has 106 valence electrons. The predicted octanol–water partition coefficient (Wildman–Crippen LogP) is 1.39. The molecular formula is C13H13N7O. The highest BCUT2D eigenvalue weighted by Crippen LogP contribution is 2.17. The van der Waals surface area contributed by atoms with E-state index in [4.69, 9.17) is 10.5 Å². The molecule has 0 radical (unpaired) electrons. The number of aromatic amines is 1. The minimum Gasteiger partial charge on any atom is -0.497 e. The number of aromatic nitrogens is 4. The lowest BCUT2D eigenvalue weighted by Gasteiger charge is -2.02. The fourth-order valence-electron chi connectivity index (χ4n) is 1.79. The standard InChI is InChI=1S/C13H13N7O/c1-21-9-4-2-8(3-5-9)6-17-20-12-10-11(16-7-15-10)18-13(14)19-12/h2-7H,1H3,(H4,14,15,16,18,19,20)/b17-6+. The second-order valence-electron chi connectivity index (χ2n) is 4.17. The van der Waals surface area contributed by atoms with Crippen molar-refractivity contribution in [3.63, 3.8) is 0 Å². The van der Waals surface area contributed by atoms with Gasteiger partial charge in [-0.25, -0.2) is 4.98 Å². The predicted molar refractivity (Wildman–Crippen MR) is 80.3 cm³/mol. The van der Waals surface area contributed by atoms with E-state index in [0.29, 0.717) is 17.0 Å². The van der Waals surface area contributed by atoms with Crippen molar-refractivity contribution in [2.45, 2.75) is 0 Å². The Kier molecular flexibility index (Phi) is 3.34. The van der Waals surface area contributed by atoms with Crippen LogP contribution < -0.4 is 15.9 Å². The molecule has 0 atom stereocenters. The maximum Gasteiger partial charge on any atom is 0.224 e. The Balaban J connectivity index is 1.79. The van der Waals surface area contributed by atoms with E-state index in [1.165, 1.54) is 6.33 Å². The molecular weight excluding hydrogens is 270 g/mol. The third-order valence-electron chi connectivity index (χ3n) is 2.80. The average Bonchev–Trinajstić information content (AvgIpc) is 2.96. The molecule has 0 unspecified atom stereocenters. The zero-order chi connectivity index (χ0) is 14.7. The number of nitrogens with one attached hydrogen (secondary N) is 2. The molecule has 0 bridgehead atoms. The molecule has 4 N–H and O–H groups in total. The molecule has 0 aliphatic heterocycles. The topological polar surface area (TPSA) is 114 Å². The molecule has 0 aliphatic rings. The normalized spacial score (nSPS) is 11.1. The lowest BCUT2D eigenvalue weighted by molar-refractivity contribution is 0.415. The van der Waals surface area contributed by atoms with Gasteiger partial charge in [0.05, 0.1) is 19.7 Å². The average molecular weight is 283 g/mol. The lowest BCUT2D eigenvalue weighted by Crippen LogP contribution is -2.01. The number of methoxy groups -OCH3 is 1. The summed E-state index contributed by atoms with van der Waals surface area (Å²) in [4.78, 5) is 15.1. The number of nitrogen functional groups attached to an aromatic ring is 1. The second-order valence-corrected chi connectivity index (χ2v) is 4.17. The van der Waals surface area contributed by atoms with Gasteiger partial charge in [-0.05, 0) is 29.8 Å². The second kappa shape index (κ2) is 5.45. The van der Waals surface area contributed by atoms with Crippen molar-refractivity contribution in [2.24, 2.45) is 5.10 Å². The van der Waals surface area contributed by atoms with Crippen LogP contribution >= 0.6 is 0 Å². The molecule has 8 heteroatoms. The van der Waals surface area contributed by atoms with Crippen LogP contribution in [0.1, 0.15) is 5.56 Å². The maximum absolute atomic E-state index is 5.62. The summed E-state index contributed by atoms with van der Waals surface area (Å²) in [6.45, 7) is 0. The number of hydrogen-bond donors (Lipinski definition) is 3. The summed E-state index contributed by atoms with van der Waals surface area (Å²) in [5.74, 6) is 1.40. The Hall–Kier alpha value is -3.16. The number of nitrogens with zero attached hydrogens (tertiary/aromatic N) is 4. The van der Waals surface area contributed by atoms with Gasteiger partial charge in [0.2, 0.25) is 5.95 Å². The molecule has 0 saturated heterocycles. The molecule has 8 nitrogen and oxygen atoms in total. The van der Waals surface area contributed by atoms with Crippen LogP contribution in [0, 0.1) is 0 Å². The van der Waals surface area contributed by atoms with E-state index >= 15 is 0 Å². The number of hydrazone groups is 1. The summed E-state index contributed by atoms with van der Waals surface area (Å²) >= 11 is 0. The van der Waals surface area contributed by atoms with E-state index in [2.05, 4.69) is 30.5 Å². The maximum atomic E-state index is 5.62. The summed E-state index contributed by atoms with van der Waals surface area (Å²) in [6.07, 6.45) is 3.19. The fourth-order valence-corrected chi connectivity index (χ4v) is 1.79. The summed E-state index contributed by atoms with van der Waals surface area (Å²) < 4.78 is 5.09. The highest BCUT2D eigenvalue weighted by Gasteiger charge is 2.07. The number of benzene rings is 1. The van der Waals surface area contributed by atoms with Crippen molar-refractivity contribution in [1.82, 2.24) is 19.9 Å². The Labute approximate surface area is 120 Å². The highest BCUT2D eigenvalue weighted by molar-refractivity contribution is 5.85. The summed E-state index contributed by atoms with van der Waals surface area (Å²) in [6, 6.07) is 7.50. The van der Waals surface area contributed by atoms with E-state index < -0.39 is 0 Å². The van der Waals surface area contributed by atoms with E-state index in [1.54, 1.807) is 13.3 Å². The highest BCUT2D eigenvalue weighted by atomic mass is 16.5. The molecule has 21 heavy (non-hydrogen) atoms. The summed E-state index contributed by atoms with van der Waals surface area (Å²) in [5, 5.41) is 4.13. The Morgan fingerprint density at radius 1 is 1.29 bits per heavy atom. The monoisotopic (exact) mass is 283 g/mol. The number of hydrogen-bond acceptors (Lipinski definition) is 7. The first-order chi connectivity index (χ1) is 10.3. The van der Waals surface area contributed by atoms with Crippen LogP contribution in [0.5, 0.6) is 5.75 Å². The van der Waals surface area contributed by atoms with Gasteiger partial charge in [0.15, 0.2) is 11.5 Å². The third kappa shape index (κ3) is 2.73. The fraction of sp³-hybridized carbons (Fsp3) is 0.0769. The molecule has 0 spiro atoms. The number of fused-ring (bicyclic) bond motifs is 1. The van der Waals surface area contributed by atoms with Crippen molar-refractivity contribution >= 4 is 29.1 Å². The zero-order valence-corrected chi connectivity index (χ0v) is 11.2. The molecule has 0 amide bonds. The molecule has 0 aliphatic carbocycles. The third-order valence-corrected chi connectivity index (χ3v) is 2.80. The van der Waals surface area contributed by atoms with Crippen LogP contribution in [0.15, 0.2) is 35.7 Å². The number of ether oxygens (including phenoxy) is 1. The minimum atomic E-state index is 0.136. The van der Waals surface area contributed by atoms with Gasteiger partial charge in [-0.3, -0.25) is 5.43 Å². The molecule has 0 saturated carbocycles. The molecule has 2 aromatic heterocycles. The van der Waals surface area contributed by atoms with Gasteiger partial charge in [0, 0.05) is 0 Å².